The van der Waals surface area contributed by atoms with Crippen molar-refractivity contribution in [2.24, 2.45) is 11.3 Å². The third-order valence-corrected chi connectivity index (χ3v) is 3.61. The van der Waals surface area contributed by atoms with Crippen molar-refractivity contribution in [2.45, 2.75) is 66.2 Å². The van der Waals surface area contributed by atoms with Crippen molar-refractivity contribution in [3.63, 3.8) is 0 Å². The van der Waals surface area contributed by atoms with E-state index in [1.54, 1.807) is 0 Å². The first kappa shape index (κ1) is 17.9. The highest BCUT2D eigenvalue weighted by molar-refractivity contribution is 5.75. The van der Waals surface area contributed by atoms with E-state index in [-0.39, 0.29) is 11.4 Å². The molecule has 0 heterocycles. The number of carbonyl (C=O) groups is 2. The minimum absolute atomic E-state index is 0.0319. The molecule has 0 unspecified atom stereocenters. The van der Waals surface area contributed by atoms with E-state index >= 15 is 0 Å². The van der Waals surface area contributed by atoms with Gasteiger partial charge in [0, 0.05) is 6.92 Å². The van der Waals surface area contributed by atoms with Crippen molar-refractivity contribution >= 4 is 11.9 Å². The average molecular weight is 272 g/mol. The number of carbonyl (C=O) groups excluding carboxylic acids is 1. The van der Waals surface area contributed by atoms with Gasteiger partial charge < -0.3 is 9.84 Å². The van der Waals surface area contributed by atoms with Gasteiger partial charge in [-0.15, -0.1) is 0 Å². The number of hydrogen-bond acceptors (Lipinski definition) is 3. The first-order valence-corrected chi connectivity index (χ1v) is 7.16. The summed E-state index contributed by atoms with van der Waals surface area (Å²) >= 11 is 0. The van der Waals surface area contributed by atoms with Gasteiger partial charge in [0.1, 0.15) is 0 Å². The van der Waals surface area contributed by atoms with Gasteiger partial charge in [-0.05, 0) is 39.0 Å². The SMILES string of the molecule is CC(=O)O.CCC(C)(C)C(=O)OCC1CCCCC1. The predicted molar refractivity (Wildman–Crippen MR) is 74.9 cm³/mol. The molecule has 1 saturated carbocycles. The summed E-state index contributed by atoms with van der Waals surface area (Å²) in [5.41, 5.74) is -0.311. The molecule has 1 rings (SSSR count). The van der Waals surface area contributed by atoms with Crippen LogP contribution in [0.1, 0.15) is 66.2 Å². The highest BCUT2D eigenvalue weighted by Gasteiger charge is 2.27. The maximum Gasteiger partial charge on any atom is 0.311 e. The van der Waals surface area contributed by atoms with E-state index in [1.165, 1.54) is 32.1 Å². The molecule has 0 saturated heterocycles. The van der Waals surface area contributed by atoms with Crippen molar-refractivity contribution in [2.75, 3.05) is 6.61 Å². The zero-order valence-corrected chi connectivity index (χ0v) is 12.7. The molecule has 0 aliphatic heterocycles. The van der Waals surface area contributed by atoms with E-state index in [1.807, 2.05) is 20.8 Å². The van der Waals surface area contributed by atoms with Gasteiger partial charge in [-0.2, -0.15) is 0 Å². The Hall–Kier alpha value is -1.06. The van der Waals surface area contributed by atoms with Crippen LogP contribution in [0.5, 0.6) is 0 Å². The lowest BCUT2D eigenvalue weighted by Crippen LogP contribution is -2.28. The standard InChI is InChI=1S/C13H24O2.C2H4O2/c1-4-13(2,3)12(14)15-10-11-8-6-5-7-9-11;1-2(3)4/h11H,4-10H2,1-3H3;1H3,(H,3,4). The van der Waals surface area contributed by atoms with Crippen LogP contribution in [0.2, 0.25) is 0 Å². The molecule has 0 aromatic heterocycles. The highest BCUT2D eigenvalue weighted by atomic mass is 16.5. The predicted octanol–water partition coefficient (Wildman–Crippen LogP) is 3.64. The zero-order chi connectivity index (χ0) is 14.9. The minimum Gasteiger partial charge on any atom is -0.481 e. The molecule has 0 radical (unpaired) electrons. The lowest BCUT2D eigenvalue weighted by Gasteiger charge is -2.25. The Bertz CT molecular complexity index is 274. The van der Waals surface area contributed by atoms with Crippen LogP contribution in [0.25, 0.3) is 0 Å². The number of hydrogen-bond donors (Lipinski definition) is 1. The van der Waals surface area contributed by atoms with Crippen molar-refractivity contribution in [1.82, 2.24) is 0 Å². The van der Waals surface area contributed by atoms with Gasteiger partial charge in [-0.25, -0.2) is 0 Å². The fourth-order valence-corrected chi connectivity index (χ4v) is 1.89. The molecule has 1 aliphatic rings. The summed E-state index contributed by atoms with van der Waals surface area (Å²) < 4.78 is 5.40. The maximum atomic E-state index is 11.7. The maximum absolute atomic E-state index is 11.7. The third-order valence-electron chi connectivity index (χ3n) is 3.61. The molecule has 0 bridgehead atoms. The lowest BCUT2D eigenvalue weighted by atomic mass is 9.89. The summed E-state index contributed by atoms with van der Waals surface area (Å²) in [6.07, 6.45) is 7.28. The summed E-state index contributed by atoms with van der Waals surface area (Å²) in [4.78, 5) is 20.7. The molecule has 19 heavy (non-hydrogen) atoms. The third kappa shape index (κ3) is 8.62. The number of rotatable bonds is 4. The number of aliphatic carboxylic acids is 1. The van der Waals surface area contributed by atoms with Gasteiger partial charge in [0.15, 0.2) is 0 Å². The first-order valence-electron chi connectivity index (χ1n) is 7.16. The molecule has 1 N–H and O–H groups in total. The van der Waals surface area contributed by atoms with Gasteiger partial charge >= 0.3 is 5.97 Å². The number of ether oxygens (including phenoxy) is 1. The lowest BCUT2D eigenvalue weighted by molar-refractivity contribution is -0.155. The molecule has 112 valence electrons. The Labute approximate surface area is 116 Å². The van der Waals surface area contributed by atoms with Crippen molar-refractivity contribution < 1.29 is 19.4 Å². The monoisotopic (exact) mass is 272 g/mol. The summed E-state index contributed by atoms with van der Waals surface area (Å²) in [6.45, 7) is 7.66. The number of esters is 1. The number of carboxylic acids is 1. The van der Waals surface area contributed by atoms with Gasteiger partial charge in [-0.1, -0.05) is 26.2 Å². The normalized spacial score (nSPS) is 16.2. The molecular weight excluding hydrogens is 244 g/mol. The molecule has 0 amide bonds. The van der Waals surface area contributed by atoms with Crippen molar-refractivity contribution in [1.29, 1.82) is 0 Å². The van der Waals surface area contributed by atoms with Crippen LogP contribution >= 0.6 is 0 Å². The molecule has 1 fully saturated rings. The summed E-state index contributed by atoms with van der Waals surface area (Å²) in [6, 6.07) is 0. The first-order chi connectivity index (χ1) is 8.79. The summed E-state index contributed by atoms with van der Waals surface area (Å²) in [5, 5.41) is 7.42. The Kier molecular flexibility index (Phi) is 8.44. The second-order valence-corrected chi connectivity index (χ2v) is 5.86. The fraction of sp³-hybridized carbons (Fsp3) is 0.867. The van der Waals surface area contributed by atoms with Crippen LogP contribution in [0.3, 0.4) is 0 Å². The van der Waals surface area contributed by atoms with E-state index < -0.39 is 5.97 Å². The molecule has 0 atom stereocenters. The highest BCUT2D eigenvalue weighted by Crippen LogP contribution is 2.26. The second-order valence-electron chi connectivity index (χ2n) is 5.86. The Morgan fingerprint density at radius 1 is 1.21 bits per heavy atom. The van der Waals surface area contributed by atoms with Crippen LogP contribution in [-0.4, -0.2) is 23.7 Å². The van der Waals surface area contributed by atoms with Gasteiger partial charge in [0.2, 0.25) is 0 Å². The molecule has 4 nitrogen and oxygen atoms in total. The Balaban J connectivity index is 0.000000711. The van der Waals surface area contributed by atoms with E-state index in [0.717, 1.165) is 13.3 Å². The van der Waals surface area contributed by atoms with Crippen LogP contribution in [0.4, 0.5) is 0 Å². The van der Waals surface area contributed by atoms with Crippen LogP contribution in [-0.2, 0) is 14.3 Å². The topological polar surface area (TPSA) is 63.6 Å². The van der Waals surface area contributed by atoms with Gasteiger partial charge in [0.25, 0.3) is 5.97 Å². The summed E-state index contributed by atoms with van der Waals surface area (Å²) in [5.74, 6) is -0.245. The van der Waals surface area contributed by atoms with E-state index in [0.29, 0.717) is 12.5 Å². The molecule has 4 heteroatoms. The van der Waals surface area contributed by atoms with E-state index in [2.05, 4.69) is 0 Å². The molecule has 0 aromatic rings. The quantitative estimate of drug-likeness (QED) is 0.794. The largest absolute Gasteiger partial charge is 0.481 e. The zero-order valence-electron chi connectivity index (χ0n) is 12.7. The smallest absolute Gasteiger partial charge is 0.311 e. The molecule has 1 aliphatic carbocycles. The Morgan fingerprint density at radius 2 is 1.68 bits per heavy atom. The van der Waals surface area contributed by atoms with Crippen LogP contribution < -0.4 is 0 Å². The molecular formula is C15H28O4. The van der Waals surface area contributed by atoms with Gasteiger partial charge in [0.05, 0.1) is 12.0 Å². The fourth-order valence-electron chi connectivity index (χ4n) is 1.89. The minimum atomic E-state index is -0.833. The van der Waals surface area contributed by atoms with Crippen molar-refractivity contribution in [3.05, 3.63) is 0 Å². The van der Waals surface area contributed by atoms with Gasteiger partial charge in [-0.3, -0.25) is 9.59 Å². The summed E-state index contributed by atoms with van der Waals surface area (Å²) in [7, 11) is 0. The molecule has 0 spiro atoms. The van der Waals surface area contributed by atoms with Crippen LogP contribution in [0.15, 0.2) is 0 Å². The molecule has 0 aromatic carbocycles. The van der Waals surface area contributed by atoms with E-state index in [4.69, 9.17) is 14.6 Å². The average Bonchev–Trinajstić information content (AvgIpc) is 2.36. The number of carboxylic acid groups (broad SMARTS) is 1. The second kappa shape index (κ2) is 8.94. The Morgan fingerprint density at radius 3 is 2.11 bits per heavy atom. The van der Waals surface area contributed by atoms with Crippen molar-refractivity contribution in [3.8, 4) is 0 Å². The van der Waals surface area contributed by atoms with Crippen LogP contribution in [0, 0.1) is 11.3 Å². The van der Waals surface area contributed by atoms with E-state index in [9.17, 15) is 4.79 Å².